The Labute approximate surface area is 68.1 Å². The third-order valence-corrected chi connectivity index (χ3v) is 3.85. The highest BCUT2D eigenvalue weighted by atomic mass is 32.2. The van der Waals surface area contributed by atoms with Gasteiger partial charge in [-0.3, -0.25) is 0 Å². The molecule has 0 saturated carbocycles. The Balaban J connectivity index is 2.31. The molecular weight excluding hydrogens is 162 g/mol. The van der Waals surface area contributed by atoms with Crippen LogP contribution in [0, 0.1) is 5.92 Å². The predicted octanol–water partition coefficient (Wildman–Crippen LogP) is 0.0306. The van der Waals surface area contributed by atoms with E-state index in [9.17, 15) is 8.42 Å². The summed E-state index contributed by atoms with van der Waals surface area (Å²) in [6, 6.07) is 0. The summed E-state index contributed by atoms with van der Waals surface area (Å²) in [6.07, 6.45) is 0.843. The lowest BCUT2D eigenvalue weighted by atomic mass is 10.1. The van der Waals surface area contributed by atoms with Crippen molar-refractivity contribution in [1.82, 2.24) is 5.32 Å². The number of rotatable bonds is 3. The molecule has 1 saturated heterocycles. The van der Waals surface area contributed by atoms with E-state index in [2.05, 4.69) is 5.32 Å². The van der Waals surface area contributed by atoms with Crippen LogP contribution in [0.1, 0.15) is 13.3 Å². The molecule has 4 heteroatoms. The largest absolute Gasteiger partial charge is 0.317 e. The fourth-order valence-electron chi connectivity index (χ4n) is 1.38. The number of sulfone groups is 1. The van der Waals surface area contributed by atoms with Crippen LogP contribution in [0.3, 0.4) is 0 Å². The zero-order chi connectivity index (χ0) is 8.32. The molecule has 1 unspecified atom stereocenters. The molecule has 3 nitrogen and oxygen atoms in total. The third-order valence-electron chi connectivity index (χ3n) is 2.01. The van der Waals surface area contributed by atoms with Gasteiger partial charge in [-0.2, -0.15) is 0 Å². The molecule has 1 heterocycles. The average Bonchev–Trinajstić information content (AvgIpc) is 2.26. The summed E-state index contributed by atoms with van der Waals surface area (Å²) in [4.78, 5) is 0. The summed E-state index contributed by atoms with van der Waals surface area (Å²) < 4.78 is 22.0. The Morgan fingerprint density at radius 3 is 2.73 bits per heavy atom. The van der Waals surface area contributed by atoms with Crippen molar-refractivity contribution in [3.05, 3.63) is 0 Å². The van der Waals surface area contributed by atoms with Gasteiger partial charge >= 0.3 is 0 Å². The molecule has 0 aromatic carbocycles. The van der Waals surface area contributed by atoms with Gasteiger partial charge in [0.2, 0.25) is 0 Å². The first-order valence-electron chi connectivity index (χ1n) is 4.05. The molecule has 0 aromatic heterocycles. The number of nitrogens with one attached hydrogen (secondary N) is 1. The van der Waals surface area contributed by atoms with Crippen LogP contribution >= 0.6 is 0 Å². The maximum atomic E-state index is 11.0. The minimum atomic E-state index is -2.67. The highest BCUT2D eigenvalue weighted by Crippen LogP contribution is 2.16. The highest BCUT2D eigenvalue weighted by molar-refractivity contribution is 7.91. The van der Waals surface area contributed by atoms with E-state index >= 15 is 0 Å². The first kappa shape index (κ1) is 9.00. The lowest BCUT2D eigenvalue weighted by molar-refractivity contribution is 0.532. The van der Waals surface area contributed by atoms with E-state index in [0.717, 1.165) is 19.5 Å². The lowest BCUT2D eigenvalue weighted by Gasteiger charge is -2.06. The molecule has 66 valence electrons. The Morgan fingerprint density at radius 1 is 1.55 bits per heavy atom. The monoisotopic (exact) mass is 177 g/mol. The Hall–Kier alpha value is -0.0900. The Morgan fingerprint density at radius 2 is 2.27 bits per heavy atom. The Bertz CT molecular complexity index is 210. The van der Waals surface area contributed by atoms with Crippen molar-refractivity contribution in [2.24, 2.45) is 5.92 Å². The standard InChI is InChI=1S/C7H15NO2S/c1-2-8-5-7-3-4-11(9,10)6-7/h7-8H,2-6H2,1H3. The van der Waals surface area contributed by atoms with E-state index in [1.165, 1.54) is 0 Å². The molecule has 0 aromatic rings. The van der Waals surface area contributed by atoms with Crippen molar-refractivity contribution < 1.29 is 8.42 Å². The molecule has 1 rings (SSSR count). The van der Waals surface area contributed by atoms with Crippen molar-refractivity contribution >= 4 is 9.84 Å². The second kappa shape index (κ2) is 3.54. The van der Waals surface area contributed by atoms with Crippen LogP contribution in [0.4, 0.5) is 0 Å². The molecule has 1 aliphatic heterocycles. The predicted molar refractivity (Wildman–Crippen MR) is 45.3 cm³/mol. The van der Waals surface area contributed by atoms with E-state index in [0.29, 0.717) is 17.4 Å². The van der Waals surface area contributed by atoms with Crippen LogP contribution < -0.4 is 5.32 Å². The number of hydrogen-bond donors (Lipinski definition) is 1. The van der Waals surface area contributed by atoms with Gasteiger partial charge in [-0.1, -0.05) is 6.92 Å². The second-order valence-corrected chi connectivity index (χ2v) is 5.31. The van der Waals surface area contributed by atoms with Gasteiger partial charge in [-0.05, 0) is 25.4 Å². The van der Waals surface area contributed by atoms with Crippen LogP contribution in [0.25, 0.3) is 0 Å². The van der Waals surface area contributed by atoms with Crippen molar-refractivity contribution in [3.8, 4) is 0 Å². The highest BCUT2D eigenvalue weighted by Gasteiger charge is 2.26. The van der Waals surface area contributed by atoms with Gasteiger partial charge in [0.25, 0.3) is 0 Å². The van der Waals surface area contributed by atoms with Crippen LogP contribution in [-0.2, 0) is 9.84 Å². The summed E-state index contributed by atoms with van der Waals surface area (Å²) in [5, 5.41) is 3.16. The van der Waals surface area contributed by atoms with Gasteiger partial charge in [0.15, 0.2) is 9.84 Å². The molecule has 0 radical (unpaired) electrons. The molecule has 1 N–H and O–H groups in total. The smallest absolute Gasteiger partial charge is 0.150 e. The summed E-state index contributed by atoms with van der Waals surface area (Å²) in [7, 11) is -2.67. The molecule has 0 bridgehead atoms. The molecule has 0 amide bonds. The maximum Gasteiger partial charge on any atom is 0.150 e. The van der Waals surface area contributed by atoms with Crippen LogP contribution in [-0.4, -0.2) is 33.0 Å². The lowest BCUT2D eigenvalue weighted by Crippen LogP contribution is -2.23. The van der Waals surface area contributed by atoms with Crippen molar-refractivity contribution in [2.75, 3.05) is 24.6 Å². The summed E-state index contributed by atoms with van der Waals surface area (Å²) in [5.41, 5.74) is 0. The van der Waals surface area contributed by atoms with E-state index in [-0.39, 0.29) is 0 Å². The molecule has 1 atom stereocenters. The molecule has 1 aliphatic rings. The van der Waals surface area contributed by atoms with Gasteiger partial charge in [0, 0.05) is 0 Å². The fraction of sp³-hybridized carbons (Fsp3) is 1.00. The van der Waals surface area contributed by atoms with Crippen LogP contribution in [0.2, 0.25) is 0 Å². The number of hydrogen-bond acceptors (Lipinski definition) is 3. The molecule has 0 spiro atoms. The van der Waals surface area contributed by atoms with Crippen LogP contribution in [0.5, 0.6) is 0 Å². The van der Waals surface area contributed by atoms with Gasteiger partial charge in [0.1, 0.15) is 0 Å². The summed E-state index contributed by atoms with van der Waals surface area (Å²) in [5.74, 6) is 1.14. The first-order valence-corrected chi connectivity index (χ1v) is 5.87. The molecular formula is C7H15NO2S. The topological polar surface area (TPSA) is 46.2 Å². The SMILES string of the molecule is CCNCC1CCS(=O)(=O)C1. The summed E-state index contributed by atoms with van der Waals surface area (Å²) in [6.45, 7) is 3.82. The second-order valence-electron chi connectivity index (χ2n) is 3.08. The Kier molecular flexibility index (Phi) is 2.90. The maximum absolute atomic E-state index is 11.0. The zero-order valence-corrected chi connectivity index (χ0v) is 7.65. The normalized spacial score (nSPS) is 29.0. The van der Waals surface area contributed by atoms with Crippen molar-refractivity contribution in [2.45, 2.75) is 13.3 Å². The van der Waals surface area contributed by atoms with Gasteiger partial charge in [0.05, 0.1) is 11.5 Å². The van der Waals surface area contributed by atoms with E-state index in [4.69, 9.17) is 0 Å². The molecule has 0 aliphatic carbocycles. The minimum absolute atomic E-state index is 0.361. The minimum Gasteiger partial charge on any atom is -0.317 e. The zero-order valence-electron chi connectivity index (χ0n) is 6.84. The van der Waals surface area contributed by atoms with Gasteiger partial charge < -0.3 is 5.32 Å². The van der Waals surface area contributed by atoms with Gasteiger partial charge in [-0.15, -0.1) is 0 Å². The van der Waals surface area contributed by atoms with Gasteiger partial charge in [-0.25, -0.2) is 8.42 Å². The van der Waals surface area contributed by atoms with E-state index in [1.54, 1.807) is 0 Å². The third kappa shape index (κ3) is 2.79. The van der Waals surface area contributed by atoms with E-state index in [1.807, 2.05) is 6.92 Å². The summed E-state index contributed by atoms with van der Waals surface area (Å²) >= 11 is 0. The fourth-order valence-corrected chi connectivity index (χ4v) is 3.24. The van der Waals surface area contributed by atoms with E-state index < -0.39 is 9.84 Å². The average molecular weight is 177 g/mol. The van der Waals surface area contributed by atoms with Crippen LogP contribution in [0.15, 0.2) is 0 Å². The first-order chi connectivity index (χ1) is 5.14. The van der Waals surface area contributed by atoms with Crippen molar-refractivity contribution in [1.29, 1.82) is 0 Å². The molecule has 11 heavy (non-hydrogen) atoms. The molecule has 1 fully saturated rings. The van der Waals surface area contributed by atoms with Crippen molar-refractivity contribution in [3.63, 3.8) is 0 Å². The quantitative estimate of drug-likeness (QED) is 0.661.